The van der Waals surface area contributed by atoms with Gasteiger partial charge in [-0.15, -0.1) is 0 Å². The molecule has 0 aliphatic heterocycles. The Balaban J connectivity index is 3.82. The zero-order valence-corrected chi connectivity index (χ0v) is 10.1. The fraction of sp³-hybridized carbons (Fsp3) is 0.909. The predicted octanol–water partition coefficient (Wildman–Crippen LogP) is 2.53. The number of esters is 1. The molecular formula is C11H22O3. The summed E-state index contributed by atoms with van der Waals surface area (Å²) in [6, 6.07) is 0. The van der Waals surface area contributed by atoms with Crippen molar-refractivity contribution < 1.29 is 14.3 Å². The summed E-state index contributed by atoms with van der Waals surface area (Å²) >= 11 is 0. The Hall–Kier alpha value is -0.570. The van der Waals surface area contributed by atoms with Crippen molar-refractivity contribution in [2.75, 3.05) is 6.61 Å². The molecule has 0 aliphatic carbocycles. The Morgan fingerprint density at radius 1 is 1.14 bits per heavy atom. The topological polar surface area (TPSA) is 35.5 Å². The molecule has 3 nitrogen and oxygen atoms in total. The van der Waals surface area contributed by atoms with E-state index in [4.69, 9.17) is 9.47 Å². The zero-order valence-electron chi connectivity index (χ0n) is 10.1. The van der Waals surface area contributed by atoms with Crippen molar-refractivity contribution in [1.82, 2.24) is 0 Å². The summed E-state index contributed by atoms with van der Waals surface area (Å²) in [4.78, 5) is 10.8. The lowest BCUT2D eigenvalue weighted by atomic mass is 10.1. The first-order valence-electron chi connectivity index (χ1n) is 4.96. The molecule has 0 aromatic heterocycles. The second-order valence-electron chi connectivity index (χ2n) is 5.06. The van der Waals surface area contributed by atoms with Crippen molar-refractivity contribution in [3.05, 3.63) is 0 Å². The van der Waals surface area contributed by atoms with Gasteiger partial charge in [-0.25, -0.2) is 0 Å². The van der Waals surface area contributed by atoms with E-state index in [0.717, 1.165) is 0 Å². The van der Waals surface area contributed by atoms with E-state index >= 15 is 0 Å². The summed E-state index contributed by atoms with van der Waals surface area (Å²) in [7, 11) is 0. The van der Waals surface area contributed by atoms with Crippen molar-refractivity contribution in [3.63, 3.8) is 0 Å². The highest BCUT2D eigenvalue weighted by Gasteiger charge is 2.22. The van der Waals surface area contributed by atoms with Gasteiger partial charge >= 0.3 is 5.97 Å². The van der Waals surface area contributed by atoms with E-state index in [1.165, 1.54) is 6.92 Å². The van der Waals surface area contributed by atoms with Crippen LogP contribution in [0.1, 0.15) is 48.0 Å². The highest BCUT2D eigenvalue weighted by Crippen LogP contribution is 2.17. The van der Waals surface area contributed by atoms with Crippen LogP contribution in [0.2, 0.25) is 0 Å². The van der Waals surface area contributed by atoms with E-state index in [9.17, 15) is 4.79 Å². The molecule has 0 unspecified atom stereocenters. The molecule has 0 aromatic carbocycles. The fourth-order valence-corrected chi connectivity index (χ4v) is 1.04. The van der Waals surface area contributed by atoms with Crippen molar-refractivity contribution in [3.8, 4) is 0 Å². The van der Waals surface area contributed by atoms with Crippen LogP contribution in [0, 0.1) is 0 Å². The predicted molar refractivity (Wildman–Crippen MR) is 56.2 cm³/mol. The minimum absolute atomic E-state index is 0.133. The van der Waals surface area contributed by atoms with Crippen LogP contribution in [0.4, 0.5) is 0 Å². The Morgan fingerprint density at radius 2 is 1.64 bits per heavy atom. The van der Waals surface area contributed by atoms with Gasteiger partial charge in [0, 0.05) is 13.3 Å². The fourth-order valence-electron chi connectivity index (χ4n) is 1.04. The van der Waals surface area contributed by atoms with Crippen LogP contribution in [0.15, 0.2) is 0 Å². The molecule has 84 valence electrons. The van der Waals surface area contributed by atoms with E-state index in [-0.39, 0.29) is 11.6 Å². The number of hydrogen-bond acceptors (Lipinski definition) is 3. The first-order valence-corrected chi connectivity index (χ1v) is 4.96. The van der Waals surface area contributed by atoms with Gasteiger partial charge in [0.15, 0.2) is 0 Å². The summed E-state index contributed by atoms with van der Waals surface area (Å²) < 4.78 is 10.7. The maximum atomic E-state index is 10.8. The number of ether oxygens (including phenoxy) is 2. The molecule has 14 heavy (non-hydrogen) atoms. The summed E-state index contributed by atoms with van der Waals surface area (Å²) in [5.41, 5.74) is -0.566. The van der Waals surface area contributed by atoms with Crippen LogP contribution >= 0.6 is 0 Å². The lowest BCUT2D eigenvalue weighted by Gasteiger charge is -2.27. The van der Waals surface area contributed by atoms with Gasteiger partial charge in [0.2, 0.25) is 0 Å². The minimum Gasteiger partial charge on any atom is -0.460 e. The van der Waals surface area contributed by atoms with E-state index in [2.05, 4.69) is 0 Å². The third kappa shape index (κ3) is 8.05. The quantitative estimate of drug-likeness (QED) is 0.657. The second kappa shape index (κ2) is 4.78. The molecule has 0 aromatic rings. The first-order chi connectivity index (χ1) is 6.12. The van der Waals surface area contributed by atoms with Crippen molar-refractivity contribution in [2.45, 2.75) is 59.2 Å². The molecule has 0 amide bonds. The van der Waals surface area contributed by atoms with E-state index < -0.39 is 5.60 Å². The van der Waals surface area contributed by atoms with Gasteiger partial charge in [-0.1, -0.05) is 0 Å². The molecule has 0 bridgehead atoms. The van der Waals surface area contributed by atoms with Gasteiger partial charge in [0.1, 0.15) is 5.60 Å². The van der Waals surface area contributed by atoms with Crippen molar-refractivity contribution in [2.24, 2.45) is 0 Å². The lowest BCUT2D eigenvalue weighted by molar-refractivity contribution is -0.156. The summed E-state index contributed by atoms with van der Waals surface area (Å²) in [5, 5.41) is 0. The van der Waals surface area contributed by atoms with Crippen LogP contribution < -0.4 is 0 Å². The first kappa shape index (κ1) is 13.4. The molecule has 0 N–H and O–H groups in total. The average molecular weight is 202 g/mol. The molecule has 0 saturated heterocycles. The molecule has 3 heteroatoms. The third-order valence-corrected chi connectivity index (χ3v) is 1.66. The summed E-state index contributed by atoms with van der Waals surface area (Å²) in [6.07, 6.45) is 0.712. The maximum Gasteiger partial charge on any atom is 0.303 e. The summed E-state index contributed by atoms with van der Waals surface area (Å²) in [5.74, 6) is -0.245. The van der Waals surface area contributed by atoms with Crippen LogP contribution in [0.3, 0.4) is 0 Å². The Labute approximate surface area is 86.8 Å². The molecule has 0 heterocycles. The zero-order chi connectivity index (χ0) is 11.4. The van der Waals surface area contributed by atoms with Crippen LogP contribution in [0.5, 0.6) is 0 Å². The second-order valence-corrected chi connectivity index (χ2v) is 5.06. The van der Waals surface area contributed by atoms with Gasteiger partial charge in [-0.2, -0.15) is 0 Å². The largest absolute Gasteiger partial charge is 0.460 e. The molecule has 0 spiro atoms. The molecule has 0 saturated carbocycles. The Bertz CT molecular complexity index is 189. The van der Waals surface area contributed by atoms with Crippen LogP contribution in [0.25, 0.3) is 0 Å². The average Bonchev–Trinajstić information content (AvgIpc) is 1.78. The van der Waals surface area contributed by atoms with E-state index in [1.54, 1.807) is 0 Å². The SMILES string of the molecule is CC(=O)OC(C)(C)CCOC(C)(C)C. The monoisotopic (exact) mass is 202 g/mol. The van der Waals surface area contributed by atoms with E-state index in [1.807, 2.05) is 34.6 Å². The van der Waals surface area contributed by atoms with Gasteiger partial charge in [-0.3, -0.25) is 4.79 Å². The number of rotatable bonds is 4. The van der Waals surface area contributed by atoms with Crippen molar-refractivity contribution in [1.29, 1.82) is 0 Å². The molecule has 0 rings (SSSR count). The highest BCUT2D eigenvalue weighted by molar-refractivity contribution is 5.66. The lowest BCUT2D eigenvalue weighted by Crippen LogP contribution is -2.30. The third-order valence-electron chi connectivity index (χ3n) is 1.66. The van der Waals surface area contributed by atoms with E-state index in [0.29, 0.717) is 13.0 Å². The normalized spacial score (nSPS) is 12.7. The highest BCUT2D eigenvalue weighted by atomic mass is 16.6. The number of carbonyl (C=O) groups excluding carboxylic acids is 1. The minimum atomic E-state index is -0.433. The Kier molecular flexibility index (Phi) is 4.59. The number of hydrogen-bond donors (Lipinski definition) is 0. The molecular weight excluding hydrogens is 180 g/mol. The molecule has 0 aliphatic rings. The Morgan fingerprint density at radius 3 is 2.00 bits per heavy atom. The number of carbonyl (C=O) groups is 1. The maximum absolute atomic E-state index is 10.8. The van der Waals surface area contributed by atoms with Gasteiger partial charge in [0.25, 0.3) is 0 Å². The molecule has 0 fully saturated rings. The van der Waals surface area contributed by atoms with Gasteiger partial charge in [0.05, 0.1) is 12.2 Å². The van der Waals surface area contributed by atoms with Crippen molar-refractivity contribution >= 4 is 5.97 Å². The van der Waals surface area contributed by atoms with Crippen LogP contribution in [-0.4, -0.2) is 23.8 Å². The smallest absolute Gasteiger partial charge is 0.303 e. The van der Waals surface area contributed by atoms with Gasteiger partial charge in [-0.05, 0) is 34.6 Å². The molecule has 0 radical (unpaired) electrons. The standard InChI is InChI=1S/C11H22O3/c1-9(12)14-11(5,6)7-8-13-10(2,3)4/h7-8H2,1-6H3. The molecule has 0 atom stereocenters. The van der Waals surface area contributed by atoms with Crippen LogP contribution in [-0.2, 0) is 14.3 Å². The summed E-state index contributed by atoms with van der Waals surface area (Å²) in [6.45, 7) is 11.8. The van der Waals surface area contributed by atoms with Gasteiger partial charge < -0.3 is 9.47 Å².